The van der Waals surface area contributed by atoms with Gasteiger partial charge in [-0.1, -0.05) is 6.42 Å². The topological polar surface area (TPSA) is 54.7 Å². The van der Waals surface area contributed by atoms with Crippen LogP contribution in [0.5, 0.6) is 0 Å². The lowest BCUT2D eigenvalue weighted by Gasteiger charge is -2.33. The molecule has 0 saturated carbocycles. The van der Waals surface area contributed by atoms with E-state index in [1.54, 1.807) is 8.61 Å². The second kappa shape index (κ2) is 4.78. The SMILES string of the molecule is O=S(=O)(N1CCCCC1)N1CC[N]CC1. The minimum absolute atomic E-state index is 0.554. The first-order chi connectivity index (χ1) is 7.21. The average molecular weight is 232 g/mol. The molecule has 87 valence electrons. The van der Waals surface area contributed by atoms with Crippen molar-refractivity contribution in [1.82, 2.24) is 13.9 Å². The van der Waals surface area contributed by atoms with Crippen molar-refractivity contribution >= 4 is 10.2 Å². The van der Waals surface area contributed by atoms with E-state index in [-0.39, 0.29) is 0 Å². The molecule has 0 spiro atoms. The Morgan fingerprint density at radius 3 is 1.93 bits per heavy atom. The molecule has 0 aromatic carbocycles. The average Bonchev–Trinajstić information content (AvgIpc) is 2.31. The molecule has 0 bridgehead atoms. The summed E-state index contributed by atoms with van der Waals surface area (Å²) in [5.74, 6) is 0. The van der Waals surface area contributed by atoms with E-state index >= 15 is 0 Å². The molecule has 1 radical (unpaired) electrons. The Morgan fingerprint density at radius 1 is 0.800 bits per heavy atom. The van der Waals surface area contributed by atoms with Gasteiger partial charge in [0.1, 0.15) is 0 Å². The molecule has 2 rings (SSSR count). The fourth-order valence-electron chi connectivity index (χ4n) is 2.08. The van der Waals surface area contributed by atoms with Crippen molar-refractivity contribution < 1.29 is 8.42 Å². The quantitative estimate of drug-likeness (QED) is 0.652. The van der Waals surface area contributed by atoms with Crippen LogP contribution in [0.2, 0.25) is 0 Å². The summed E-state index contributed by atoms with van der Waals surface area (Å²) in [7, 11) is -3.18. The number of piperazine rings is 1. The van der Waals surface area contributed by atoms with E-state index in [1.807, 2.05) is 0 Å². The van der Waals surface area contributed by atoms with Crippen LogP contribution in [0.4, 0.5) is 0 Å². The highest BCUT2D eigenvalue weighted by atomic mass is 32.2. The molecule has 2 aliphatic rings. The highest BCUT2D eigenvalue weighted by Gasteiger charge is 2.31. The molecule has 0 amide bonds. The number of rotatable bonds is 2. The number of hydrogen-bond acceptors (Lipinski definition) is 2. The van der Waals surface area contributed by atoms with Crippen LogP contribution < -0.4 is 5.32 Å². The van der Waals surface area contributed by atoms with E-state index in [0.717, 1.165) is 19.3 Å². The molecule has 0 atom stereocenters. The van der Waals surface area contributed by atoms with Crippen molar-refractivity contribution in [2.75, 3.05) is 39.3 Å². The zero-order valence-electron chi connectivity index (χ0n) is 8.93. The van der Waals surface area contributed by atoms with Crippen molar-refractivity contribution in [3.63, 3.8) is 0 Å². The number of hydrogen-bond donors (Lipinski definition) is 0. The van der Waals surface area contributed by atoms with Crippen LogP contribution >= 0.6 is 0 Å². The highest BCUT2D eigenvalue weighted by molar-refractivity contribution is 7.86. The molecule has 0 N–H and O–H groups in total. The highest BCUT2D eigenvalue weighted by Crippen LogP contribution is 2.16. The first-order valence-electron chi connectivity index (χ1n) is 5.60. The van der Waals surface area contributed by atoms with E-state index in [1.165, 1.54) is 0 Å². The summed E-state index contributed by atoms with van der Waals surface area (Å²) in [6.45, 7) is 3.78. The summed E-state index contributed by atoms with van der Waals surface area (Å²) in [6.07, 6.45) is 3.15. The fraction of sp³-hybridized carbons (Fsp3) is 1.00. The first kappa shape index (κ1) is 11.3. The normalized spacial score (nSPS) is 26.7. The molecule has 2 aliphatic heterocycles. The van der Waals surface area contributed by atoms with Gasteiger partial charge in [0.25, 0.3) is 10.2 Å². The third kappa shape index (κ3) is 2.50. The predicted octanol–water partition coefficient (Wildman–Crippen LogP) is -0.363. The maximum atomic E-state index is 12.2. The van der Waals surface area contributed by atoms with Crippen LogP contribution in [0.1, 0.15) is 19.3 Å². The molecule has 2 saturated heterocycles. The summed E-state index contributed by atoms with van der Waals surface area (Å²) < 4.78 is 27.5. The lowest BCUT2D eigenvalue weighted by molar-refractivity contribution is 0.286. The van der Waals surface area contributed by atoms with E-state index in [9.17, 15) is 8.42 Å². The van der Waals surface area contributed by atoms with E-state index < -0.39 is 10.2 Å². The second-order valence-electron chi connectivity index (χ2n) is 4.04. The standard InChI is InChI=1S/C9H18N3O2S/c13-15(14,11-6-2-1-3-7-11)12-8-4-10-5-9-12/h1-9H2. The zero-order chi connectivity index (χ0) is 10.7. The van der Waals surface area contributed by atoms with E-state index in [0.29, 0.717) is 39.3 Å². The maximum absolute atomic E-state index is 12.2. The van der Waals surface area contributed by atoms with E-state index in [2.05, 4.69) is 5.32 Å². The smallest absolute Gasteiger partial charge is 0.239 e. The Labute approximate surface area is 91.6 Å². The Kier molecular flexibility index (Phi) is 3.60. The zero-order valence-corrected chi connectivity index (χ0v) is 9.75. The van der Waals surface area contributed by atoms with Gasteiger partial charge >= 0.3 is 0 Å². The van der Waals surface area contributed by atoms with Crippen molar-refractivity contribution in [3.8, 4) is 0 Å². The van der Waals surface area contributed by atoms with Gasteiger partial charge in [-0.05, 0) is 12.8 Å². The molecular formula is C9H18N3O2S. The van der Waals surface area contributed by atoms with Gasteiger partial charge < -0.3 is 0 Å². The van der Waals surface area contributed by atoms with Crippen LogP contribution in [0.15, 0.2) is 0 Å². The monoisotopic (exact) mass is 232 g/mol. The summed E-state index contributed by atoms with van der Waals surface area (Å²) in [4.78, 5) is 0. The molecule has 5 nitrogen and oxygen atoms in total. The van der Waals surface area contributed by atoms with Crippen molar-refractivity contribution in [2.24, 2.45) is 0 Å². The van der Waals surface area contributed by atoms with Gasteiger partial charge in [-0.15, -0.1) is 0 Å². The molecular weight excluding hydrogens is 214 g/mol. The minimum Gasteiger partial charge on any atom is -0.239 e. The largest absolute Gasteiger partial charge is 0.282 e. The van der Waals surface area contributed by atoms with E-state index in [4.69, 9.17) is 0 Å². The van der Waals surface area contributed by atoms with Crippen LogP contribution in [0, 0.1) is 0 Å². The first-order valence-corrected chi connectivity index (χ1v) is 6.99. The van der Waals surface area contributed by atoms with Crippen LogP contribution in [-0.2, 0) is 10.2 Å². The summed E-state index contributed by atoms with van der Waals surface area (Å²) in [6, 6.07) is 0. The molecule has 0 aromatic heterocycles. The van der Waals surface area contributed by atoms with Crippen LogP contribution in [-0.4, -0.2) is 56.3 Å². The Balaban J connectivity index is 2.03. The lowest BCUT2D eigenvalue weighted by Crippen LogP contribution is -2.51. The second-order valence-corrected chi connectivity index (χ2v) is 5.97. The van der Waals surface area contributed by atoms with Gasteiger partial charge in [0.2, 0.25) is 0 Å². The Bertz CT molecular complexity index is 268. The van der Waals surface area contributed by atoms with Crippen LogP contribution in [0.3, 0.4) is 0 Å². The molecule has 0 aliphatic carbocycles. The van der Waals surface area contributed by atoms with Gasteiger partial charge in [-0.2, -0.15) is 17.0 Å². The molecule has 0 aromatic rings. The van der Waals surface area contributed by atoms with Gasteiger partial charge in [0.05, 0.1) is 0 Å². The fourth-order valence-corrected chi connectivity index (χ4v) is 3.75. The third-order valence-electron chi connectivity index (χ3n) is 2.98. The van der Waals surface area contributed by atoms with Crippen molar-refractivity contribution in [3.05, 3.63) is 0 Å². The summed E-state index contributed by atoms with van der Waals surface area (Å²) in [5.41, 5.74) is 0. The molecule has 2 fully saturated rings. The Morgan fingerprint density at radius 2 is 1.33 bits per heavy atom. The minimum atomic E-state index is -3.18. The Hall–Kier alpha value is -0.170. The molecule has 6 heteroatoms. The number of nitrogens with zero attached hydrogens (tertiary/aromatic N) is 3. The van der Waals surface area contributed by atoms with Crippen molar-refractivity contribution in [2.45, 2.75) is 19.3 Å². The van der Waals surface area contributed by atoms with Gasteiger partial charge in [0.15, 0.2) is 0 Å². The maximum Gasteiger partial charge on any atom is 0.282 e. The molecule has 15 heavy (non-hydrogen) atoms. The molecule has 0 unspecified atom stereocenters. The lowest BCUT2D eigenvalue weighted by atomic mass is 10.2. The van der Waals surface area contributed by atoms with Gasteiger partial charge in [0, 0.05) is 39.3 Å². The predicted molar refractivity (Wildman–Crippen MR) is 57.8 cm³/mol. The summed E-state index contributed by atoms with van der Waals surface area (Å²) >= 11 is 0. The van der Waals surface area contributed by atoms with Crippen LogP contribution in [0.25, 0.3) is 0 Å². The van der Waals surface area contributed by atoms with Gasteiger partial charge in [-0.3, -0.25) is 0 Å². The third-order valence-corrected chi connectivity index (χ3v) is 5.02. The number of piperidine rings is 1. The molecule has 2 heterocycles. The van der Waals surface area contributed by atoms with Crippen molar-refractivity contribution in [1.29, 1.82) is 0 Å². The van der Waals surface area contributed by atoms with Gasteiger partial charge in [-0.25, -0.2) is 5.32 Å². The summed E-state index contributed by atoms with van der Waals surface area (Å²) in [5, 5.41) is 4.16.